The van der Waals surface area contributed by atoms with Crippen LogP contribution in [0.25, 0.3) is 0 Å². The molecule has 0 spiro atoms. The smallest absolute Gasteiger partial charge is 0.161 e. The summed E-state index contributed by atoms with van der Waals surface area (Å²) < 4.78 is 96.1. The maximum atomic E-state index is 6.97. The topological polar surface area (TPSA) is 129 Å². The van der Waals surface area contributed by atoms with Crippen molar-refractivity contribution in [3.63, 3.8) is 0 Å². The number of hydrogen-bond donors (Lipinski definition) is 0. The van der Waals surface area contributed by atoms with Gasteiger partial charge in [0.05, 0.1) is 85.5 Å². The van der Waals surface area contributed by atoms with Gasteiger partial charge >= 0.3 is 0 Å². The van der Waals surface area contributed by atoms with Crippen LogP contribution in [0.4, 0.5) is 0 Å². The molecule has 14 heteroatoms. The SMILES string of the molecule is CC1O[C@@H]2O[C@@H]3C(C)O[C@@H](O[C@@H]4C(C)O[C@H](O[C@@H]5C(C)O[C@H](O[C@@H]6C(C)O[C@@H](O[C@H]7C(C)O[C@@H](O[C@@H]8C(C)O[C@@H](OC1[C@H](C)C2C)C(C)[C@H]8C)C(C)[C@H]7C)C(C)[C@H]6C)C(C)[C@H]5C)C(C)[C@H]4C)[C@@H](C)C3C. The number of hydrogen-bond acceptors (Lipinski definition) is 14. The van der Waals surface area contributed by atoms with Gasteiger partial charge in [0, 0.05) is 41.4 Å². The molecule has 0 aromatic rings. The van der Waals surface area contributed by atoms with Crippen LogP contribution in [-0.2, 0) is 66.3 Å². The zero-order valence-corrected chi connectivity index (χ0v) is 46.9. The summed E-state index contributed by atoms with van der Waals surface area (Å²) in [5.74, 6) is 1.37. The number of rotatable bonds is 0. The molecular formula is C56H98O14. The van der Waals surface area contributed by atoms with Crippen molar-refractivity contribution in [3.05, 3.63) is 0 Å². The highest BCUT2D eigenvalue weighted by atomic mass is 16.8. The minimum Gasteiger partial charge on any atom is -0.347 e. The molecule has 0 aromatic carbocycles. The first-order chi connectivity index (χ1) is 32.9. The monoisotopic (exact) mass is 995 g/mol. The maximum Gasteiger partial charge on any atom is 0.161 e. The Balaban J connectivity index is 1.02. The first-order valence-corrected chi connectivity index (χ1v) is 28.1. The third kappa shape index (κ3) is 10.6. The van der Waals surface area contributed by atoms with Crippen molar-refractivity contribution in [2.24, 2.45) is 82.9 Å². The van der Waals surface area contributed by atoms with Gasteiger partial charge in [-0.15, -0.1) is 0 Å². The van der Waals surface area contributed by atoms with Crippen LogP contribution in [-0.4, -0.2) is 129 Å². The molecule has 406 valence electrons. The van der Waals surface area contributed by atoms with Crippen molar-refractivity contribution in [1.82, 2.24) is 0 Å². The molecule has 21 rings (SSSR count). The van der Waals surface area contributed by atoms with Crippen molar-refractivity contribution in [2.75, 3.05) is 0 Å². The maximum absolute atomic E-state index is 6.97. The first kappa shape index (κ1) is 55.7. The first-order valence-electron chi connectivity index (χ1n) is 28.1. The van der Waals surface area contributed by atoms with E-state index in [4.69, 9.17) is 66.3 Å². The average Bonchev–Trinajstić information content (AvgIpc) is 3.31. The van der Waals surface area contributed by atoms with E-state index in [1.54, 1.807) is 0 Å². The Hall–Kier alpha value is -0.560. The minimum absolute atomic E-state index is 0.0576. The van der Waals surface area contributed by atoms with E-state index >= 15 is 0 Å². The summed E-state index contributed by atoms with van der Waals surface area (Å²) in [5, 5.41) is 0. The fourth-order valence-corrected chi connectivity index (χ4v) is 13.5. The van der Waals surface area contributed by atoms with Crippen molar-refractivity contribution in [3.8, 4) is 0 Å². The lowest BCUT2D eigenvalue weighted by molar-refractivity contribution is -0.364. The Morgan fingerprint density at radius 2 is 0.229 bits per heavy atom. The molecule has 0 aromatic heterocycles. The molecule has 21 heterocycles. The van der Waals surface area contributed by atoms with Gasteiger partial charge in [0.2, 0.25) is 0 Å². The molecule has 0 amide bonds. The van der Waals surface area contributed by atoms with E-state index in [0.29, 0.717) is 0 Å². The summed E-state index contributed by atoms with van der Waals surface area (Å²) in [5.41, 5.74) is 0. The predicted molar refractivity (Wildman–Crippen MR) is 263 cm³/mol. The Morgan fingerprint density at radius 3 is 0.329 bits per heavy atom. The average molecular weight is 995 g/mol. The Labute approximate surface area is 422 Å². The third-order valence-electron chi connectivity index (χ3n) is 20.2. The van der Waals surface area contributed by atoms with Gasteiger partial charge in [-0.1, -0.05) is 96.9 Å². The molecule has 35 atom stereocenters. The van der Waals surface area contributed by atoms with Gasteiger partial charge in [0.1, 0.15) is 0 Å². The van der Waals surface area contributed by atoms with E-state index < -0.39 is 44.0 Å². The van der Waals surface area contributed by atoms with Gasteiger partial charge < -0.3 is 66.3 Å². The van der Waals surface area contributed by atoms with Crippen LogP contribution in [0, 0.1) is 82.9 Å². The Kier molecular flexibility index (Phi) is 17.6. The van der Waals surface area contributed by atoms with Crippen LogP contribution in [0.5, 0.6) is 0 Å². The highest BCUT2D eigenvalue weighted by molar-refractivity contribution is 4.96. The fraction of sp³-hybridized carbons (Fsp3) is 1.00. The zero-order chi connectivity index (χ0) is 51.1. The van der Waals surface area contributed by atoms with E-state index in [9.17, 15) is 0 Å². The zero-order valence-electron chi connectivity index (χ0n) is 46.9. The molecule has 21 aliphatic rings. The second kappa shape index (κ2) is 22.2. The van der Waals surface area contributed by atoms with E-state index in [1.165, 1.54) is 0 Å². The third-order valence-corrected chi connectivity index (χ3v) is 20.2. The molecule has 0 N–H and O–H groups in total. The minimum atomic E-state index is -0.419. The van der Waals surface area contributed by atoms with Gasteiger partial charge in [-0.2, -0.15) is 0 Å². The fourth-order valence-electron chi connectivity index (χ4n) is 13.5. The summed E-state index contributed by atoms with van der Waals surface area (Å²) >= 11 is 0. The molecule has 15 unspecified atom stereocenters. The molecule has 0 aliphatic carbocycles. The summed E-state index contributed by atoms with van der Waals surface area (Å²) in [6, 6.07) is 0. The largest absolute Gasteiger partial charge is 0.347 e. The molecule has 21 saturated heterocycles. The van der Waals surface area contributed by atoms with Crippen LogP contribution in [0.15, 0.2) is 0 Å². The second-order valence-corrected chi connectivity index (χ2v) is 24.7. The standard InChI is InChI=1S/C56H98O14/c1-22-29(8)50-57-36(15)43(22)64-51-30(9)23(2)45(38(17)58-51)66-53-32(11)25(4)47(40(19)60-53)68-55-34(13)27(6)49(42(21)62-55)70-56-35(14)28(7)48(41(20)63-56)69-54-33(12)26(5)46(39(18)61-54)67-52-31(10)24(3)44(65-50)37(16)59-52/h22-56H,1-21H3/t22-,23-,24-,25-,26-,27-,28?,29?,30?,31?,32?,33?,34?,35+,36?,37?,38?,39?,40?,41?,42?,43-,44+,45+,46?,47+,48+,49+,50+,51+,52+,53-,54-,55-,56+/m1/s1. The van der Waals surface area contributed by atoms with Crippen LogP contribution < -0.4 is 0 Å². The summed E-state index contributed by atoms with van der Waals surface area (Å²) in [6.07, 6.45) is -5.78. The Bertz CT molecular complexity index is 1360. The van der Waals surface area contributed by atoms with Crippen LogP contribution >= 0.6 is 0 Å². The van der Waals surface area contributed by atoms with Gasteiger partial charge in [-0.3, -0.25) is 0 Å². The second-order valence-electron chi connectivity index (χ2n) is 24.7. The van der Waals surface area contributed by atoms with Gasteiger partial charge in [-0.25, -0.2) is 0 Å². The number of ether oxygens (including phenoxy) is 14. The highest BCUT2D eigenvalue weighted by Gasteiger charge is 2.54. The van der Waals surface area contributed by atoms with E-state index in [1.807, 2.05) is 0 Å². The van der Waals surface area contributed by atoms with Crippen molar-refractivity contribution >= 4 is 0 Å². The summed E-state index contributed by atoms with van der Waals surface area (Å²) in [6.45, 7) is 46.0. The van der Waals surface area contributed by atoms with Gasteiger partial charge in [0.25, 0.3) is 0 Å². The highest BCUT2D eigenvalue weighted by Crippen LogP contribution is 2.46. The lowest BCUT2D eigenvalue weighted by Gasteiger charge is -2.51. The molecule has 14 bridgehead atoms. The summed E-state index contributed by atoms with van der Waals surface area (Å²) in [7, 11) is 0. The van der Waals surface area contributed by atoms with E-state index in [-0.39, 0.29) is 168 Å². The van der Waals surface area contributed by atoms with Crippen LogP contribution in [0.3, 0.4) is 0 Å². The van der Waals surface area contributed by atoms with Crippen LogP contribution in [0.1, 0.15) is 145 Å². The van der Waals surface area contributed by atoms with Crippen molar-refractivity contribution in [1.29, 1.82) is 0 Å². The van der Waals surface area contributed by atoms with E-state index in [0.717, 1.165) is 0 Å². The molecular weight excluding hydrogens is 897 g/mol. The predicted octanol–water partition coefficient (Wildman–Crippen LogP) is 9.82. The quantitative estimate of drug-likeness (QED) is 0.228. The lowest BCUT2D eigenvalue weighted by atomic mass is 9.81. The van der Waals surface area contributed by atoms with Crippen molar-refractivity contribution in [2.45, 2.75) is 275 Å². The molecule has 21 fully saturated rings. The molecule has 70 heavy (non-hydrogen) atoms. The van der Waals surface area contributed by atoms with Gasteiger partial charge in [0.15, 0.2) is 44.0 Å². The molecule has 21 aliphatic heterocycles. The molecule has 0 saturated carbocycles. The van der Waals surface area contributed by atoms with Crippen molar-refractivity contribution < 1.29 is 66.3 Å². The van der Waals surface area contributed by atoms with E-state index in [2.05, 4.69) is 145 Å². The summed E-state index contributed by atoms with van der Waals surface area (Å²) in [4.78, 5) is 0. The normalized spacial score (nSPS) is 59.7. The molecule has 14 nitrogen and oxygen atoms in total. The van der Waals surface area contributed by atoms with Gasteiger partial charge in [-0.05, 0) is 89.9 Å². The Morgan fingerprint density at radius 1 is 0.129 bits per heavy atom. The lowest BCUT2D eigenvalue weighted by Crippen LogP contribution is -2.59. The van der Waals surface area contributed by atoms with Crippen LogP contribution in [0.2, 0.25) is 0 Å². The molecule has 0 radical (unpaired) electrons.